The van der Waals surface area contributed by atoms with E-state index in [0.29, 0.717) is 0 Å². The maximum Gasteiger partial charge on any atom is 0.158 e. The second kappa shape index (κ2) is 3.44. The van der Waals surface area contributed by atoms with E-state index in [1.54, 1.807) is 11.3 Å². The number of aromatic nitrogens is 1. The average Bonchev–Trinajstić information content (AvgIpc) is 2.52. The number of aryl methyl sites for hydroxylation is 1. The zero-order valence-corrected chi connectivity index (χ0v) is 8.84. The van der Waals surface area contributed by atoms with Crippen molar-refractivity contribution < 1.29 is 0 Å². The third-order valence-electron chi connectivity index (χ3n) is 1.85. The van der Waals surface area contributed by atoms with Crippen LogP contribution in [0.4, 0.5) is 0 Å². The lowest BCUT2D eigenvalue weighted by molar-refractivity contribution is 1.37. The molecule has 0 atom stereocenters. The van der Waals surface area contributed by atoms with Crippen LogP contribution in [0.5, 0.6) is 0 Å². The summed E-state index contributed by atoms with van der Waals surface area (Å²) in [6, 6.07) is 8.37. The van der Waals surface area contributed by atoms with E-state index in [1.807, 2.05) is 0 Å². The molecule has 0 fully saturated rings. The fraction of sp³-hybridized carbons (Fsp3) is 0.100. The van der Waals surface area contributed by atoms with E-state index in [1.165, 1.54) is 11.1 Å². The van der Waals surface area contributed by atoms with Crippen molar-refractivity contribution >= 4 is 23.6 Å². The first-order valence-corrected chi connectivity index (χ1v) is 5.29. The molecular weight excluding hydrogens is 198 g/mol. The molecular formula is C10H9NS2. The van der Waals surface area contributed by atoms with Gasteiger partial charge in [0.15, 0.2) is 3.95 Å². The van der Waals surface area contributed by atoms with Gasteiger partial charge in [-0.05, 0) is 30.8 Å². The molecule has 0 bridgehead atoms. The van der Waals surface area contributed by atoms with Gasteiger partial charge < -0.3 is 4.98 Å². The van der Waals surface area contributed by atoms with E-state index in [9.17, 15) is 0 Å². The molecule has 1 N–H and O–H groups in total. The minimum atomic E-state index is 0.830. The predicted molar refractivity (Wildman–Crippen MR) is 59.7 cm³/mol. The first kappa shape index (κ1) is 8.66. The molecule has 1 nitrogen and oxygen atoms in total. The van der Waals surface area contributed by atoms with Gasteiger partial charge in [0.1, 0.15) is 0 Å². The lowest BCUT2D eigenvalue weighted by Gasteiger charge is -1.97. The maximum atomic E-state index is 5.03. The summed E-state index contributed by atoms with van der Waals surface area (Å²) < 4.78 is 0.830. The van der Waals surface area contributed by atoms with Crippen LogP contribution in [0.15, 0.2) is 29.6 Å². The van der Waals surface area contributed by atoms with Crippen LogP contribution in [0.25, 0.3) is 11.3 Å². The fourth-order valence-corrected chi connectivity index (χ4v) is 2.08. The summed E-state index contributed by atoms with van der Waals surface area (Å²) in [7, 11) is 0. The van der Waals surface area contributed by atoms with Crippen LogP contribution in [0.3, 0.4) is 0 Å². The lowest BCUT2D eigenvalue weighted by Crippen LogP contribution is -1.78. The van der Waals surface area contributed by atoms with Crippen LogP contribution < -0.4 is 0 Å². The van der Waals surface area contributed by atoms with E-state index in [0.717, 1.165) is 9.65 Å². The summed E-state index contributed by atoms with van der Waals surface area (Å²) in [6.07, 6.45) is 0. The van der Waals surface area contributed by atoms with Crippen LogP contribution in [0.2, 0.25) is 0 Å². The Morgan fingerprint density at radius 2 is 2.23 bits per heavy atom. The maximum absolute atomic E-state index is 5.03. The Morgan fingerprint density at radius 1 is 1.38 bits per heavy atom. The van der Waals surface area contributed by atoms with Gasteiger partial charge in [0.2, 0.25) is 0 Å². The Balaban J connectivity index is 2.52. The number of rotatable bonds is 1. The molecule has 0 spiro atoms. The third kappa shape index (κ3) is 1.87. The SMILES string of the molecule is Cc1cccc(-c2csc(=S)[nH]2)c1. The molecule has 0 amide bonds. The molecule has 0 radical (unpaired) electrons. The van der Waals surface area contributed by atoms with E-state index < -0.39 is 0 Å². The van der Waals surface area contributed by atoms with Crippen molar-refractivity contribution in [1.82, 2.24) is 4.98 Å². The molecule has 0 aliphatic rings. The van der Waals surface area contributed by atoms with Gasteiger partial charge in [-0.2, -0.15) is 0 Å². The largest absolute Gasteiger partial charge is 0.337 e. The number of nitrogens with one attached hydrogen (secondary N) is 1. The van der Waals surface area contributed by atoms with E-state index in [2.05, 4.69) is 41.6 Å². The second-order valence-corrected chi connectivity index (χ2v) is 4.48. The quantitative estimate of drug-likeness (QED) is 0.704. The molecule has 3 heteroatoms. The third-order valence-corrected chi connectivity index (χ3v) is 2.91. The summed E-state index contributed by atoms with van der Waals surface area (Å²) in [6.45, 7) is 2.09. The standard InChI is InChI=1S/C10H9NS2/c1-7-3-2-4-8(5-7)9-6-13-10(12)11-9/h2-6H,1H3,(H,11,12). The highest BCUT2D eigenvalue weighted by molar-refractivity contribution is 7.73. The molecule has 66 valence electrons. The monoisotopic (exact) mass is 207 g/mol. The molecule has 2 aromatic rings. The normalized spacial score (nSPS) is 10.2. The average molecular weight is 207 g/mol. The molecule has 1 aromatic heterocycles. The smallest absolute Gasteiger partial charge is 0.158 e. The Kier molecular flexibility index (Phi) is 2.29. The zero-order valence-electron chi connectivity index (χ0n) is 7.20. The highest BCUT2D eigenvalue weighted by Crippen LogP contribution is 2.20. The van der Waals surface area contributed by atoms with Crippen LogP contribution >= 0.6 is 23.6 Å². The van der Waals surface area contributed by atoms with Crippen LogP contribution in [0, 0.1) is 10.9 Å². The molecule has 0 aliphatic carbocycles. The predicted octanol–water partition coefficient (Wildman–Crippen LogP) is 3.78. The summed E-state index contributed by atoms with van der Waals surface area (Å²) in [5, 5.41) is 2.05. The molecule has 0 saturated carbocycles. The van der Waals surface area contributed by atoms with Crippen molar-refractivity contribution in [2.24, 2.45) is 0 Å². The van der Waals surface area contributed by atoms with Gasteiger partial charge in [-0.1, -0.05) is 23.8 Å². The number of H-pyrrole nitrogens is 1. The van der Waals surface area contributed by atoms with Crippen molar-refractivity contribution in [3.8, 4) is 11.3 Å². The number of benzene rings is 1. The highest BCUT2D eigenvalue weighted by atomic mass is 32.1. The summed E-state index contributed by atoms with van der Waals surface area (Å²) in [4.78, 5) is 3.15. The zero-order chi connectivity index (χ0) is 9.26. The van der Waals surface area contributed by atoms with E-state index >= 15 is 0 Å². The minimum Gasteiger partial charge on any atom is -0.337 e. The van der Waals surface area contributed by atoms with Gasteiger partial charge in [0.25, 0.3) is 0 Å². The molecule has 1 aromatic carbocycles. The van der Waals surface area contributed by atoms with Crippen molar-refractivity contribution in [2.45, 2.75) is 6.92 Å². The minimum absolute atomic E-state index is 0.830. The molecule has 13 heavy (non-hydrogen) atoms. The molecule has 0 aliphatic heterocycles. The van der Waals surface area contributed by atoms with Gasteiger partial charge >= 0.3 is 0 Å². The molecule has 0 saturated heterocycles. The van der Waals surface area contributed by atoms with E-state index in [-0.39, 0.29) is 0 Å². The van der Waals surface area contributed by atoms with Gasteiger partial charge in [0.05, 0.1) is 5.69 Å². The Hall–Kier alpha value is -0.930. The van der Waals surface area contributed by atoms with Gasteiger partial charge in [-0.3, -0.25) is 0 Å². The van der Waals surface area contributed by atoms with Crippen LogP contribution in [0.1, 0.15) is 5.56 Å². The first-order chi connectivity index (χ1) is 6.25. The van der Waals surface area contributed by atoms with Gasteiger partial charge in [0, 0.05) is 5.38 Å². The number of thiazole rings is 1. The van der Waals surface area contributed by atoms with Crippen molar-refractivity contribution in [1.29, 1.82) is 0 Å². The Bertz CT molecular complexity index is 468. The van der Waals surface area contributed by atoms with E-state index in [4.69, 9.17) is 12.2 Å². The molecule has 2 rings (SSSR count). The van der Waals surface area contributed by atoms with Crippen molar-refractivity contribution in [2.75, 3.05) is 0 Å². The van der Waals surface area contributed by atoms with Crippen molar-refractivity contribution in [3.05, 3.63) is 39.2 Å². The van der Waals surface area contributed by atoms with Gasteiger partial charge in [-0.25, -0.2) is 0 Å². The summed E-state index contributed by atoms with van der Waals surface area (Å²) in [5.74, 6) is 0. The Morgan fingerprint density at radius 3 is 2.85 bits per heavy atom. The van der Waals surface area contributed by atoms with Crippen LogP contribution in [-0.2, 0) is 0 Å². The van der Waals surface area contributed by atoms with Gasteiger partial charge in [-0.15, -0.1) is 11.3 Å². The molecule has 1 heterocycles. The summed E-state index contributed by atoms with van der Waals surface area (Å²) >= 11 is 6.59. The van der Waals surface area contributed by atoms with Crippen LogP contribution in [-0.4, -0.2) is 4.98 Å². The number of hydrogen-bond acceptors (Lipinski definition) is 2. The second-order valence-electron chi connectivity index (χ2n) is 2.93. The topological polar surface area (TPSA) is 15.8 Å². The molecule has 0 unspecified atom stereocenters. The first-order valence-electron chi connectivity index (χ1n) is 4.00. The highest BCUT2D eigenvalue weighted by Gasteiger charge is 1.98. The summed E-state index contributed by atoms with van der Waals surface area (Å²) in [5.41, 5.74) is 3.58. The number of aromatic amines is 1. The number of hydrogen-bond donors (Lipinski definition) is 1. The fourth-order valence-electron chi connectivity index (χ4n) is 1.23. The Labute approximate surface area is 86.1 Å². The van der Waals surface area contributed by atoms with Crippen molar-refractivity contribution in [3.63, 3.8) is 0 Å². The lowest BCUT2D eigenvalue weighted by atomic mass is 10.1.